The quantitative estimate of drug-likeness (QED) is 0.766. The molecule has 2 aromatic heterocycles. The summed E-state index contributed by atoms with van der Waals surface area (Å²) in [5.74, 6) is 0.174. The summed E-state index contributed by atoms with van der Waals surface area (Å²) in [6, 6.07) is 3.86. The molecule has 0 aliphatic heterocycles. The number of rotatable bonds is 7. The fourth-order valence-electron chi connectivity index (χ4n) is 1.55. The molecule has 0 aliphatic rings. The molecule has 0 aliphatic carbocycles. The monoisotopic (exact) mass is 310 g/mol. The van der Waals surface area contributed by atoms with E-state index in [0.29, 0.717) is 36.6 Å². The van der Waals surface area contributed by atoms with Gasteiger partial charge in [0.25, 0.3) is 0 Å². The van der Waals surface area contributed by atoms with E-state index < -0.39 is 0 Å². The molecule has 6 nitrogen and oxygen atoms in total. The summed E-state index contributed by atoms with van der Waals surface area (Å²) in [4.78, 5) is 27.5. The Balaban J connectivity index is 1.78. The van der Waals surface area contributed by atoms with Crippen LogP contribution in [0.2, 0.25) is 0 Å². The molecule has 2 amide bonds. The van der Waals surface area contributed by atoms with E-state index in [2.05, 4.69) is 14.7 Å². The maximum atomic E-state index is 11.7. The van der Waals surface area contributed by atoms with E-state index in [1.54, 1.807) is 11.3 Å². The molecule has 0 atom stereocenters. The van der Waals surface area contributed by atoms with Gasteiger partial charge >= 0.3 is 0 Å². The van der Waals surface area contributed by atoms with Gasteiger partial charge < -0.3 is 11.1 Å². The lowest BCUT2D eigenvalue weighted by Gasteiger charge is -2.00. The van der Waals surface area contributed by atoms with Crippen LogP contribution in [0.15, 0.2) is 17.5 Å². The predicted octanol–water partition coefficient (Wildman–Crippen LogP) is 2.25. The first-order chi connectivity index (χ1) is 9.65. The second kappa shape index (κ2) is 7.11. The molecule has 0 unspecified atom stereocenters. The van der Waals surface area contributed by atoms with Crippen LogP contribution in [0.5, 0.6) is 0 Å². The first-order valence-corrected chi connectivity index (χ1v) is 7.76. The van der Waals surface area contributed by atoms with Crippen molar-refractivity contribution in [1.29, 1.82) is 0 Å². The van der Waals surface area contributed by atoms with Gasteiger partial charge in [0.1, 0.15) is 0 Å². The Bertz CT molecular complexity index is 580. The topological polar surface area (TPSA) is 98.0 Å². The van der Waals surface area contributed by atoms with Crippen LogP contribution in [-0.4, -0.2) is 21.2 Å². The molecule has 0 fully saturated rings. The molecule has 106 valence electrons. The van der Waals surface area contributed by atoms with E-state index in [1.165, 1.54) is 0 Å². The van der Waals surface area contributed by atoms with Crippen LogP contribution in [0.3, 0.4) is 0 Å². The number of nitrogens with one attached hydrogen (secondary N) is 1. The van der Waals surface area contributed by atoms with Gasteiger partial charge in [-0.1, -0.05) is 6.07 Å². The molecule has 0 saturated heterocycles. The van der Waals surface area contributed by atoms with Crippen molar-refractivity contribution in [2.75, 3.05) is 5.32 Å². The molecule has 2 rings (SSSR count). The number of unbranched alkanes of at least 4 members (excludes halogenated alkanes) is 1. The van der Waals surface area contributed by atoms with Crippen molar-refractivity contribution in [1.82, 2.24) is 9.36 Å². The van der Waals surface area contributed by atoms with Crippen molar-refractivity contribution in [3.05, 3.63) is 17.5 Å². The van der Waals surface area contributed by atoms with E-state index in [1.807, 2.05) is 17.5 Å². The largest absolute Gasteiger partial charge is 0.370 e. The van der Waals surface area contributed by atoms with Gasteiger partial charge in [-0.3, -0.25) is 9.59 Å². The van der Waals surface area contributed by atoms with E-state index >= 15 is 0 Å². The zero-order valence-electron chi connectivity index (χ0n) is 10.7. The maximum absolute atomic E-state index is 11.7. The standard InChI is InChI=1S/C12H14N4O2S2/c13-9(17)5-1-2-6-10(18)14-12-15-11(16-20-12)8-4-3-7-19-8/h3-4,7H,1-2,5-6H2,(H2,13,17)(H,14,15,16,18). The molecule has 0 saturated carbocycles. The third kappa shape index (κ3) is 4.39. The van der Waals surface area contributed by atoms with Crippen LogP contribution in [0.1, 0.15) is 25.7 Å². The molecule has 8 heteroatoms. The van der Waals surface area contributed by atoms with Crippen molar-refractivity contribution in [3.63, 3.8) is 0 Å². The zero-order chi connectivity index (χ0) is 14.4. The highest BCUT2D eigenvalue weighted by molar-refractivity contribution is 7.14. The average molecular weight is 310 g/mol. The lowest BCUT2D eigenvalue weighted by atomic mass is 10.2. The second-order valence-electron chi connectivity index (χ2n) is 4.12. The number of nitrogens with two attached hydrogens (primary N) is 1. The number of amides is 2. The molecule has 2 aromatic rings. The lowest BCUT2D eigenvalue weighted by Crippen LogP contribution is -2.12. The minimum absolute atomic E-state index is 0.122. The van der Waals surface area contributed by atoms with Gasteiger partial charge in [0.05, 0.1) is 4.88 Å². The van der Waals surface area contributed by atoms with Gasteiger partial charge in [-0.2, -0.15) is 9.36 Å². The lowest BCUT2D eigenvalue weighted by molar-refractivity contribution is -0.119. The van der Waals surface area contributed by atoms with Gasteiger partial charge in [-0.25, -0.2) is 0 Å². The fourth-order valence-corrected chi connectivity index (χ4v) is 2.86. The first-order valence-electron chi connectivity index (χ1n) is 6.11. The third-order valence-electron chi connectivity index (χ3n) is 2.49. The fraction of sp³-hybridized carbons (Fsp3) is 0.333. The third-order valence-corrected chi connectivity index (χ3v) is 3.99. The Labute approximate surface area is 124 Å². The van der Waals surface area contributed by atoms with E-state index in [-0.39, 0.29) is 11.8 Å². The number of hydrogen-bond acceptors (Lipinski definition) is 6. The number of anilines is 1. The number of carbonyl (C=O) groups excluding carboxylic acids is 2. The Morgan fingerprint density at radius 2 is 2.10 bits per heavy atom. The number of nitrogens with zero attached hydrogens (tertiary/aromatic N) is 2. The Morgan fingerprint density at radius 1 is 1.30 bits per heavy atom. The van der Waals surface area contributed by atoms with Crippen molar-refractivity contribution >= 4 is 39.8 Å². The Hall–Kier alpha value is -1.80. The molecular formula is C12H14N4O2S2. The molecule has 0 radical (unpaired) electrons. The van der Waals surface area contributed by atoms with Gasteiger partial charge in [0, 0.05) is 24.4 Å². The highest BCUT2D eigenvalue weighted by Gasteiger charge is 2.10. The summed E-state index contributed by atoms with van der Waals surface area (Å²) >= 11 is 2.71. The van der Waals surface area contributed by atoms with Gasteiger partial charge in [0.15, 0.2) is 5.82 Å². The van der Waals surface area contributed by atoms with Crippen LogP contribution in [0.25, 0.3) is 10.7 Å². The first kappa shape index (κ1) is 14.6. The molecule has 2 heterocycles. The summed E-state index contributed by atoms with van der Waals surface area (Å²) in [6.07, 6.45) is 1.92. The number of primary amides is 1. The van der Waals surface area contributed by atoms with Crippen LogP contribution in [0, 0.1) is 0 Å². The Morgan fingerprint density at radius 3 is 2.80 bits per heavy atom. The molecule has 0 bridgehead atoms. The minimum Gasteiger partial charge on any atom is -0.370 e. The number of hydrogen-bond donors (Lipinski definition) is 2. The molecule has 0 aromatic carbocycles. The maximum Gasteiger partial charge on any atom is 0.226 e. The Kier molecular flexibility index (Phi) is 5.19. The van der Waals surface area contributed by atoms with Crippen LogP contribution < -0.4 is 11.1 Å². The van der Waals surface area contributed by atoms with E-state index in [9.17, 15) is 9.59 Å². The summed E-state index contributed by atoms with van der Waals surface area (Å²) < 4.78 is 4.20. The predicted molar refractivity (Wildman–Crippen MR) is 79.5 cm³/mol. The van der Waals surface area contributed by atoms with Crippen LogP contribution in [0.4, 0.5) is 5.13 Å². The highest BCUT2D eigenvalue weighted by Crippen LogP contribution is 2.25. The summed E-state index contributed by atoms with van der Waals surface area (Å²) in [5.41, 5.74) is 5.03. The smallest absolute Gasteiger partial charge is 0.226 e. The average Bonchev–Trinajstić information content (AvgIpc) is 3.04. The SMILES string of the molecule is NC(=O)CCCCC(=O)Nc1nc(-c2cccs2)ns1. The highest BCUT2D eigenvalue weighted by atomic mass is 32.1. The van der Waals surface area contributed by atoms with Gasteiger partial charge in [0.2, 0.25) is 16.9 Å². The van der Waals surface area contributed by atoms with E-state index in [4.69, 9.17) is 5.73 Å². The minimum atomic E-state index is -0.338. The van der Waals surface area contributed by atoms with Crippen molar-refractivity contribution in [2.45, 2.75) is 25.7 Å². The van der Waals surface area contributed by atoms with Gasteiger partial charge in [-0.05, 0) is 24.3 Å². The molecule has 0 spiro atoms. The molecule has 20 heavy (non-hydrogen) atoms. The number of thiophene rings is 1. The van der Waals surface area contributed by atoms with Crippen LogP contribution >= 0.6 is 22.9 Å². The molecular weight excluding hydrogens is 296 g/mol. The van der Waals surface area contributed by atoms with Gasteiger partial charge in [-0.15, -0.1) is 11.3 Å². The summed E-state index contributed by atoms with van der Waals surface area (Å²) in [7, 11) is 0. The van der Waals surface area contributed by atoms with Crippen molar-refractivity contribution in [3.8, 4) is 10.7 Å². The summed E-state index contributed by atoms with van der Waals surface area (Å²) in [6.45, 7) is 0. The molecule has 3 N–H and O–H groups in total. The number of aromatic nitrogens is 2. The number of carbonyl (C=O) groups is 2. The normalized spacial score (nSPS) is 10.4. The van der Waals surface area contributed by atoms with Crippen LogP contribution in [-0.2, 0) is 9.59 Å². The second-order valence-corrected chi connectivity index (χ2v) is 5.82. The van der Waals surface area contributed by atoms with E-state index in [0.717, 1.165) is 16.4 Å². The summed E-state index contributed by atoms with van der Waals surface area (Å²) in [5, 5.41) is 5.15. The van der Waals surface area contributed by atoms with Crippen molar-refractivity contribution < 1.29 is 9.59 Å². The zero-order valence-corrected chi connectivity index (χ0v) is 12.3. The van der Waals surface area contributed by atoms with Crippen molar-refractivity contribution in [2.24, 2.45) is 5.73 Å².